The van der Waals surface area contributed by atoms with Crippen LogP contribution >= 0.6 is 11.6 Å². The van der Waals surface area contributed by atoms with Crippen molar-refractivity contribution in [3.63, 3.8) is 0 Å². The number of carbonyl (C=O) groups excluding carboxylic acids is 1. The molecule has 104 valence electrons. The van der Waals surface area contributed by atoms with E-state index in [1.807, 2.05) is 0 Å². The fourth-order valence-electron chi connectivity index (χ4n) is 2.83. The lowest BCUT2D eigenvalue weighted by molar-refractivity contribution is 0.0857. The second-order valence-electron chi connectivity index (χ2n) is 5.04. The van der Waals surface area contributed by atoms with E-state index in [1.165, 1.54) is 0 Å². The van der Waals surface area contributed by atoms with Crippen molar-refractivity contribution in [1.29, 1.82) is 0 Å². The molecule has 1 heterocycles. The molecule has 1 aromatic carbocycles. The van der Waals surface area contributed by atoms with Crippen LogP contribution in [0.5, 0.6) is 5.75 Å². The van der Waals surface area contributed by atoms with Gasteiger partial charge in [-0.05, 0) is 44.0 Å². The molecule has 2 rings (SSSR count). The van der Waals surface area contributed by atoms with E-state index in [-0.39, 0.29) is 5.78 Å². The summed E-state index contributed by atoms with van der Waals surface area (Å²) in [7, 11) is 1.56. The number of nitrogens with one attached hydrogen (secondary N) is 1. The molecule has 1 aliphatic rings. The molecule has 0 bridgehead atoms. The first-order valence-corrected chi connectivity index (χ1v) is 7.14. The third-order valence-electron chi connectivity index (χ3n) is 3.77. The van der Waals surface area contributed by atoms with Gasteiger partial charge in [0.05, 0.1) is 17.7 Å². The molecule has 19 heavy (non-hydrogen) atoms. The Labute approximate surface area is 119 Å². The van der Waals surface area contributed by atoms with Gasteiger partial charge in [0.2, 0.25) is 0 Å². The summed E-state index contributed by atoms with van der Waals surface area (Å²) in [6.07, 6.45) is 3.82. The van der Waals surface area contributed by atoms with Gasteiger partial charge in [-0.25, -0.2) is 0 Å². The van der Waals surface area contributed by atoms with Crippen LogP contribution in [-0.4, -0.2) is 25.0 Å². The van der Waals surface area contributed by atoms with E-state index in [4.69, 9.17) is 16.3 Å². The zero-order valence-electron chi connectivity index (χ0n) is 11.5. The van der Waals surface area contributed by atoms with Crippen LogP contribution < -0.4 is 10.1 Å². The summed E-state index contributed by atoms with van der Waals surface area (Å²) in [6.45, 7) is 3.02. The van der Waals surface area contributed by atoms with E-state index in [9.17, 15) is 4.79 Å². The molecule has 1 atom stereocenters. The summed E-state index contributed by atoms with van der Waals surface area (Å²) in [5.41, 5.74) is 0.275. The van der Waals surface area contributed by atoms with Crippen molar-refractivity contribution in [2.24, 2.45) is 0 Å². The largest absolute Gasteiger partial charge is 0.495 e. The molecule has 1 aromatic rings. The molecule has 1 aliphatic heterocycles. The summed E-state index contributed by atoms with van der Waals surface area (Å²) in [6, 6.07) is 5.24. The Balaban J connectivity index is 2.32. The van der Waals surface area contributed by atoms with E-state index < -0.39 is 5.54 Å². The van der Waals surface area contributed by atoms with Gasteiger partial charge in [0.1, 0.15) is 5.75 Å². The molecular weight excluding hydrogens is 262 g/mol. The molecule has 0 amide bonds. The maximum absolute atomic E-state index is 12.8. The lowest BCUT2D eigenvalue weighted by Crippen LogP contribution is -2.47. The second-order valence-corrected chi connectivity index (χ2v) is 5.45. The average molecular weight is 282 g/mol. The smallest absolute Gasteiger partial charge is 0.182 e. The Bertz CT molecular complexity index is 467. The van der Waals surface area contributed by atoms with Crippen LogP contribution in [0.2, 0.25) is 5.02 Å². The quantitative estimate of drug-likeness (QED) is 0.840. The van der Waals surface area contributed by atoms with Gasteiger partial charge < -0.3 is 10.1 Å². The zero-order chi connectivity index (χ0) is 13.9. The third kappa shape index (κ3) is 2.77. The number of methoxy groups -OCH3 is 1. The van der Waals surface area contributed by atoms with Crippen LogP contribution in [0.15, 0.2) is 18.2 Å². The van der Waals surface area contributed by atoms with Crippen LogP contribution in [0.1, 0.15) is 43.0 Å². The van der Waals surface area contributed by atoms with E-state index in [1.54, 1.807) is 25.3 Å². The maximum Gasteiger partial charge on any atom is 0.182 e. The van der Waals surface area contributed by atoms with Crippen molar-refractivity contribution in [1.82, 2.24) is 5.32 Å². The van der Waals surface area contributed by atoms with Crippen LogP contribution in [0, 0.1) is 0 Å². The van der Waals surface area contributed by atoms with Gasteiger partial charge in [-0.3, -0.25) is 4.79 Å². The minimum absolute atomic E-state index is 0.154. The zero-order valence-corrected chi connectivity index (χ0v) is 12.2. The van der Waals surface area contributed by atoms with Crippen molar-refractivity contribution in [3.8, 4) is 5.75 Å². The highest BCUT2D eigenvalue weighted by atomic mass is 35.5. The first-order valence-electron chi connectivity index (χ1n) is 6.76. The van der Waals surface area contributed by atoms with Gasteiger partial charge in [0, 0.05) is 5.56 Å². The third-order valence-corrected chi connectivity index (χ3v) is 4.08. The maximum atomic E-state index is 12.8. The molecule has 0 aliphatic carbocycles. The number of ketones is 1. The van der Waals surface area contributed by atoms with Crippen LogP contribution in [-0.2, 0) is 0 Å². The van der Waals surface area contributed by atoms with E-state index in [0.717, 1.165) is 32.2 Å². The Morgan fingerprint density at radius 2 is 2.32 bits per heavy atom. The summed E-state index contributed by atoms with van der Waals surface area (Å²) in [5.74, 6) is 0.707. The molecule has 0 spiro atoms. The molecular formula is C15H20ClNO2. The van der Waals surface area contributed by atoms with Crippen LogP contribution in [0.4, 0.5) is 0 Å². The lowest BCUT2D eigenvalue weighted by Gasteiger charge is -2.27. The fourth-order valence-corrected chi connectivity index (χ4v) is 3.03. The van der Waals surface area contributed by atoms with Crippen LogP contribution in [0.3, 0.4) is 0 Å². The fraction of sp³-hybridized carbons (Fsp3) is 0.533. The average Bonchev–Trinajstić information content (AvgIpc) is 2.89. The number of hydrogen-bond acceptors (Lipinski definition) is 3. The number of Topliss-reactive ketones (excluding diaryl/α,β-unsaturated/α-hetero) is 1. The summed E-state index contributed by atoms with van der Waals surface area (Å²) >= 11 is 6.00. The molecule has 3 nitrogen and oxygen atoms in total. The summed E-state index contributed by atoms with van der Waals surface area (Å²) in [5, 5.41) is 3.93. The van der Waals surface area contributed by atoms with Gasteiger partial charge >= 0.3 is 0 Å². The number of hydrogen-bond donors (Lipinski definition) is 1. The number of ether oxygens (including phenoxy) is 1. The lowest BCUT2D eigenvalue weighted by atomic mass is 9.84. The molecule has 1 N–H and O–H groups in total. The SMILES string of the molecule is CCCC1(C(=O)c2ccc(Cl)c(OC)c2)CCCN1. The van der Waals surface area contributed by atoms with Gasteiger partial charge in [-0.1, -0.05) is 24.9 Å². The Morgan fingerprint density at radius 3 is 2.89 bits per heavy atom. The number of halogens is 1. The topological polar surface area (TPSA) is 38.3 Å². The van der Waals surface area contributed by atoms with E-state index in [2.05, 4.69) is 12.2 Å². The number of benzene rings is 1. The van der Waals surface area contributed by atoms with Crippen molar-refractivity contribution >= 4 is 17.4 Å². The molecule has 0 saturated carbocycles. The molecule has 0 radical (unpaired) electrons. The van der Waals surface area contributed by atoms with E-state index in [0.29, 0.717) is 16.3 Å². The minimum Gasteiger partial charge on any atom is -0.495 e. The molecule has 0 aromatic heterocycles. The first-order chi connectivity index (χ1) is 9.13. The van der Waals surface area contributed by atoms with Gasteiger partial charge in [0.25, 0.3) is 0 Å². The van der Waals surface area contributed by atoms with Crippen LogP contribution in [0.25, 0.3) is 0 Å². The highest BCUT2D eigenvalue weighted by Gasteiger charge is 2.40. The Hall–Kier alpha value is -1.06. The van der Waals surface area contributed by atoms with Gasteiger partial charge in [0.15, 0.2) is 5.78 Å². The van der Waals surface area contributed by atoms with Crippen molar-refractivity contribution < 1.29 is 9.53 Å². The predicted molar refractivity (Wildman–Crippen MR) is 77.2 cm³/mol. The number of rotatable bonds is 5. The summed E-state index contributed by atoms with van der Waals surface area (Å²) in [4.78, 5) is 12.8. The predicted octanol–water partition coefficient (Wildman–Crippen LogP) is 3.45. The Kier molecular flexibility index (Phi) is 4.48. The van der Waals surface area contributed by atoms with Gasteiger partial charge in [-0.2, -0.15) is 0 Å². The number of carbonyl (C=O) groups is 1. The molecule has 1 fully saturated rings. The minimum atomic E-state index is -0.395. The second kappa shape index (κ2) is 5.93. The Morgan fingerprint density at radius 1 is 1.53 bits per heavy atom. The van der Waals surface area contributed by atoms with Crippen molar-refractivity contribution in [3.05, 3.63) is 28.8 Å². The monoisotopic (exact) mass is 281 g/mol. The van der Waals surface area contributed by atoms with Gasteiger partial charge in [-0.15, -0.1) is 0 Å². The highest BCUT2D eigenvalue weighted by Crippen LogP contribution is 2.32. The van der Waals surface area contributed by atoms with E-state index >= 15 is 0 Å². The van der Waals surface area contributed by atoms with Crippen molar-refractivity contribution in [2.75, 3.05) is 13.7 Å². The molecule has 1 saturated heterocycles. The molecule has 1 unspecified atom stereocenters. The standard InChI is InChI=1S/C15H20ClNO2/c1-3-7-15(8-4-9-17-15)14(18)11-5-6-12(16)13(10-11)19-2/h5-6,10,17H,3-4,7-9H2,1-2H3. The molecule has 4 heteroatoms. The first kappa shape index (κ1) is 14.4. The summed E-state index contributed by atoms with van der Waals surface area (Å²) < 4.78 is 5.19. The normalized spacial score (nSPS) is 22.5. The highest BCUT2D eigenvalue weighted by molar-refractivity contribution is 6.32. The van der Waals surface area contributed by atoms with Crippen molar-refractivity contribution in [2.45, 2.75) is 38.1 Å².